The summed E-state index contributed by atoms with van der Waals surface area (Å²) in [4.78, 5) is 5.07. The smallest absolute Gasteiger partial charge is 0.0593 e. The summed E-state index contributed by atoms with van der Waals surface area (Å²) in [6.45, 7) is 11.7. The van der Waals surface area contributed by atoms with E-state index in [9.17, 15) is 0 Å². The summed E-state index contributed by atoms with van der Waals surface area (Å²) in [5, 5.41) is 0. The van der Waals surface area contributed by atoms with E-state index in [-0.39, 0.29) is 0 Å². The zero-order valence-electron chi connectivity index (χ0n) is 11.2. The number of thiophene rings is 1. The summed E-state index contributed by atoms with van der Waals surface area (Å²) in [5.41, 5.74) is 7.08. The third-order valence-corrected chi connectivity index (χ3v) is 3.99. The van der Waals surface area contributed by atoms with Gasteiger partial charge < -0.3 is 10.5 Å². The van der Waals surface area contributed by atoms with Crippen molar-refractivity contribution < 1.29 is 4.74 Å². The maximum atomic E-state index is 5.67. The molecule has 98 valence electrons. The van der Waals surface area contributed by atoms with E-state index >= 15 is 0 Å². The third kappa shape index (κ3) is 4.76. The number of likely N-dealkylation sites (N-methyl/N-ethyl adjacent to an activating group) is 1. The topological polar surface area (TPSA) is 38.5 Å². The Labute approximate surface area is 109 Å². The van der Waals surface area contributed by atoms with Crippen molar-refractivity contribution >= 4 is 11.3 Å². The maximum absolute atomic E-state index is 5.67. The van der Waals surface area contributed by atoms with Crippen molar-refractivity contribution in [2.75, 3.05) is 26.3 Å². The van der Waals surface area contributed by atoms with Crippen LogP contribution in [0.1, 0.15) is 29.2 Å². The minimum absolute atomic E-state index is 0.649. The van der Waals surface area contributed by atoms with Crippen LogP contribution in [-0.2, 0) is 17.8 Å². The van der Waals surface area contributed by atoms with Crippen molar-refractivity contribution in [3.05, 3.63) is 21.4 Å². The van der Waals surface area contributed by atoms with Gasteiger partial charge in [0.2, 0.25) is 0 Å². The fourth-order valence-corrected chi connectivity index (χ4v) is 2.71. The van der Waals surface area contributed by atoms with Gasteiger partial charge in [0.05, 0.1) is 6.61 Å². The molecule has 1 aromatic rings. The number of nitrogens with two attached hydrogens (primary N) is 1. The predicted octanol–water partition coefficient (Wildman–Crippen LogP) is 2.37. The van der Waals surface area contributed by atoms with Crippen LogP contribution in [0.4, 0.5) is 0 Å². The number of nitrogens with zero attached hydrogens (tertiary/aromatic N) is 1. The van der Waals surface area contributed by atoms with Crippen LogP contribution >= 0.6 is 11.3 Å². The fraction of sp³-hybridized carbons (Fsp3) is 0.692. The van der Waals surface area contributed by atoms with Gasteiger partial charge in [-0.25, -0.2) is 0 Å². The lowest BCUT2D eigenvalue weighted by molar-refractivity contribution is 0.113. The molecule has 0 aliphatic rings. The van der Waals surface area contributed by atoms with Crippen molar-refractivity contribution in [2.24, 2.45) is 5.73 Å². The summed E-state index contributed by atoms with van der Waals surface area (Å²) < 4.78 is 5.40. The molecule has 0 fully saturated rings. The number of hydrogen-bond donors (Lipinski definition) is 1. The molecule has 0 radical (unpaired) electrons. The number of rotatable bonds is 8. The normalized spacial score (nSPS) is 11.4. The highest BCUT2D eigenvalue weighted by atomic mass is 32.1. The van der Waals surface area contributed by atoms with Gasteiger partial charge in [0.25, 0.3) is 0 Å². The first-order chi connectivity index (χ1) is 8.21. The molecule has 1 rings (SSSR count). The molecule has 0 amide bonds. The zero-order valence-corrected chi connectivity index (χ0v) is 12.0. The molecule has 1 aromatic heterocycles. The van der Waals surface area contributed by atoms with Gasteiger partial charge in [-0.2, -0.15) is 0 Å². The van der Waals surface area contributed by atoms with Crippen LogP contribution in [0.5, 0.6) is 0 Å². The Morgan fingerprint density at radius 2 is 2.18 bits per heavy atom. The molecule has 0 saturated heterocycles. The Morgan fingerprint density at radius 1 is 1.41 bits per heavy atom. The van der Waals surface area contributed by atoms with Gasteiger partial charge in [0, 0.05) is 36.0 Å². The van der Waals surface area contributed by atoms with Crippen LogP contribution in [0.2, 0.25) is 0 Å². The highest BCUT2D eigenvalue weighted by Crippen LogP contribution is 2.22. The maximum Gasteiger partial charge on any atom is 0.0593 e. The van der Waals surface area contributed by atoms with Gasteiger partial charge in [-0.15, -0.1) is 11.3 Å². The number of aryl methyl sites for hydroxylation is 1. The van der Waals surface area contributed by atoms with Crippen molar-refractivity contribution in [1.82, 2.24) is 4.90 Å². The first kappa shape index (κ1) is 14.6. The highest BCUT2D eigenvalue weighted by Gasteiger charge is 2.09. The second-order valence-electron chi connectivity index (χ2n) is 4.06. The van der Waals surface area contributed by atoms with Gasteiger partial charge in [-0.1, -0.05) is 6.92 Å². The minimum atomic E-state index is 0.649. The minimum Gasteiger partial charge on any atom is -0.380 e. The fourth-order valence-electron chi connectivity index (χ4n) is 1.77. The lowest BCUT2D eigenvalue weighted by Gasteiger charge is -2.20. The van der Waals surface area contributed by atoms with E-state index in [1.807, 2.05) is 18.3 Å². The molecule has 0 aliphatic heterocycles. The molecule has 3 nitrogen and oxygen atoms in total. The van der Waals surface area contributed by atoms with E-state index in [0.29, 0.717) is 6.54 Å². The van der Waals surface area contributed by atoms with E-state index in [2.05, 4.69) is 24.8 Å². The van der Waals surface area contributed by atoms with Crippen molar-refractivity contribution in [2.45, 2.75) is 33.9 Å². The van der Waals surface area contributed by atoms with Crippen LogP contribution in [0.3, 0.4) is 0 Å². The predicted molar refractivity (Wildman–Crippen MR) is 74.4 cm³/mol. The Hall–Kier alpha value is -0.420. The molecule has 0 aromatic carbocycles. The molecule has 0 spiro atoms. The van der Waals surface area contributed by atoms with Gasteiger partial charge in [0.1, 0.15) is 0 Å². The SMILES string of the molecule is CCOCCN(CC)Cc1cc(CN)sc1C. The number of ether oxygens (including phenoxy) is 1. The third-order valence-electron chi connectivity index (χ3n) is 2.87. The molecular formula is C13H24N2OS. The molecule has 0 saturated carbocycles. The summed E-state index contributed by atoms with van der Waals surface area (Å²) in [6.07, 6.45) is 0. The second-order valence-corrected chi connectivity index (χ2v) is 5.40. The van der Waals surface area contributed by atoms with Crippen molar-refractivity contribution in [3.8, 4) is 0 Å². The first-order valence-electron chi connectivity index (χ1n) is 6.29. The average Bonchev–Trinajstić information content (AvgIpc) is 2.69. The van der Waals surface area contributed by atoms with Crippen molar-refractivity contribution in [1.29, 1.82) is 0 Å². The average molecular weight is 256 g/mol. The van der Waals surface area contributed by atoms with E-state index in [1.165, 1.54) is 15.3 Å². The molecular weight excluding hydrogens is 232 g/mol. The van der Waals surface area contributed by atoms with Gasteiger partial charge in [0.15, 0.2) is 0 Å². The Balaban J connectivity index is 2.51. The molecule has 0 bridgehead atoms. The Morgan fingerprint density at radius 3 is 2.71 bits per heavy atom. The summed E-state index contributed by atoms with van der Waals surface area (Å²) >= 11 is 1.81. The van der Waals surface area contributed by atoms with E-state index in [0.717, 1.165) is 32.8 Å². The van der Waals surface area contributed by atoms with Gasteiger partial charge in [-0.05, 0) is 32.0 Å². The highest BCUT2D eigenvalue weighted by molar-refractivity contribution is 7.12. The molecule has 2 N–H and O–H groups in total. The molecule has 0 atom stereocenters. The van der Waals surface area contributed by atoms with E-state index in [1.54, 1.807) is 0 Å². The largest absolute Gasteiger partial charge is 0.380 e. The number of hydrogen-bond acceptors (Lipinski definition) is 4. The molecule has 0 aliphatic carbocycles. The lowest BCUT2D eigenvalue weighted by Crippen LogP contribution is -2.27. The second kappa shape index (κ2) is 7.82. The summed E-state index contributed by atoms with van der Waals surface area (Å²) in [6, 6.07) is 2.24. The van der Waals surface area contributed by atoms with Crippen molar-refractivity contribution in [3.63, 3.8) is 0 Å². The Kier molecular flexibility index (Phi) is 6.73. The summed E-state index contributed by atoms with van der Waals surface area (Å²) in [5.74, 6) is 0. The monoisotopic (exact) mass is 256 g/mol. The van der Waals surface area contributed by atoms with Crippen LogP contribution in [0, 0.1) is 6.92 Å². The van der Waals surface area contributed by atoms with Crippen LogP contribution < -0.4 is 5.73 Å². The lowest BCUT2D eigenvalue weighted by atomic mass is 10.2. The van der Waals surface area contributed by atoms with Gasteiger partial charge >= 0.3 is 0 Å². The molecule has 4 heteroatoms. The standard InChI is InChI=1S/C13H24N2OS/c1-4-15(6-7-16-5-2)10-12-8-13(9-14)17-11(12)3/h8H,4-7,9-10,14H2,1-3H3. The van der Waals surface area contributed by atoms with Gasteiger partial charge in [-0.3, -0.25) is 4.90 Å². The quantitative estimate of drug-likeness (QED) is 0.726. The molecule has 17 heavy (non-hydrogen) atoms. The summed E-state index contributed by atoms with van der Waals surface area (Å²) in [7, 11) is 0. The molecule has 0 unspecified atom stereocenters. The Bertz CT molecular complexity index is 325. The van der Waals surface area contributed by atoms with Crippen LogP contribution in [0.25, 0.3) is 0 Å². The first-order valence-corrected chi connectivity index (χ1v) is 7.11. The van der Waals surface area contributed by atoms with Crippen LogP contribution in [-0.4, -0.2) is 31.2 Å². The zero-order chi connectivity index (χ0) is 12.7. The van der Waals surface area contributed by atoms with E-state index < -0.39 is 0 Å². The molecule has 1 heterocycles. The van der Waals surface area contributed by atoms with E-state index in [4.69, 9.17) is 10.5 Å². The van der Waals surface area contributed by atoms with Crippen LogP contribution in [0.15, 0.2) is 6.07 Å².